The van der Waals surface area contributed by atoms with Crippen LogP contribution in [-0.2, 0) is 5.41 Å². The summed E-state index contributed by atoms with van der Waals surface area (Å²) >= 11 is 0. The van der Waals surface area contributed by atoms with E-state index in [1.807, 2.05) is 6.07 Å². The van der Waals surface area contributed by atoms with E-state index in [-0.39, 0.29) is 5.41 Å². The number of primary amides is 1. The number of hydrogen-bond donors (Lipinski definition) is 2. The lowest BCUT2D eigenvalue weighted by Crippen LogP contribution is -2.17. The second kappa shape index (κ2) is 3.33. The third kappa shape index (κ3) is 2.05. The molecule has 4 N–H and O–H groups in total. The van der Waals surface area contributed by atoms with E-state index in [4.69, 9.17) is 11.5 Å². The van der Waals surface area contributed by atoms with Gasteiger partial charge in [-0.3, -0.25) is 4.79 Å². The topological polar surface area (TPSA) is 69.1 Å². The minimum atomic E-state index is -0.478. The van der Waals surface area contributed by atoms with Crippen LogP contribution in [0.2, 0.25) is 0 Å². The molecule has 76 valence electrons. The van der Waals surface area contributed by atoms with Gasteiger partial charge >= 0.3 is 0 Å². The van der Waals surface area contributed by atoms with Gasteiger partial charge in [-0.05, 0) is 23.1 Å². The Balaban J connectivity index is 3.27. The molecule has 0 radical (unpaired) electrons. The monoisotopic (exact) mass is 192 g/mol. The van der Waals surface area contributed by atoms with Gasteiger partial charge in [0.05, 0.1) is 5.56 Å². The molecule has 1 rings (SSSR count). The molecule has 0 aliphatic heterocycles. The largest absolute Gasteiger partial charge is 0.398 e. The van der Waals surface area contributed by atoms with Gasteiger partial charge in [-0.2, -0.15) is 0 Å². The molecule has 3 heteroatoms. The van der Waals surface area contributed by atoms with Crippen LogP contribution < -0.4 is 11.5 Å². The quantitative estimate of drug-likeness (QED) is 0.664. The van der Waals surface area contributed by atoms with Gasteiger partial charge in [0.2, 0.25) is 0 Å². The van der Waals surface area contributed by atoms with Gasteiger partial charge in [-0.25, -0.2) is 0 Å². The summed E-state index contributed by atoms with van der Waals surface area (Å²) in [6.45, 7) is 6.22. The third-order valence-corrected chi connectivity index (χ3v) is 2.18. The Labute approximate surface area is 84.1 Å². The van der Waals surface area contributed by atoms with Crippen LogP contribution in [0.1, 0.15) is 36.7 Å². The number of carbonyl (C=O) groups excluding carboxylic acids is 1. The molecule has 0 heterocycles. The highest BCUT2D eigenvalue weighted by atomic mass is 16.1. The minimum absolute atomic E-state index is 0.00208. The molecule has 14 heavy (non-hydrogen) atoms. The molecule has 3 nitrogen and oxygen atoms in total. The normalized spacial score (nSPS) is 11.4. The highest BCUT2D eigenvalue weighted by molar-refractivity contribution is 5.98. The van der Waals surface area contributed by atoms with Crippen LogP contribution in [0.5, 0.6) is 0 Å². The summed E-state index contributed by atoms with van der Waals surface area (Å²) in [7, 11) is 0. The number of amides is 1. The Hall–Kier alpha value is -1.51. The van der Waals surface area contributed by atoms with Crippen molar-refractivity contribution < 1.29 is 4.79 Å². The average molecular weight is 192 g/mol. The summed E-state index contributed by atoms with van der Waals surface area (Å²) < 4.78 is 0. The molecular weight excluding hydrogens is 176 g/mol. The number of rotatable bonds is 1. The Morgan fingerprint density at radius 2 is 1.86 bits per heavy atom. The van der Waals surface area contributed by atoms with Gasteiger partial charge in [0.1, 0.15) is 0 Å². The van der Waals surface area contributed by atoms with Crippen LogP contribution in [0.15, 0.2) is 18.2 Å². The van der Waals surface area contributed by atoms with Gasteiger partial charge in [0.25, 0.3) is 5.91 Å². The number of carbonyl (C=O) groups is 1. The zero-order valence-corrected chi connectivity index (χ0v) is 8.79. The lowest BCUT2D eigenvalue weighted by molar-refractivity contribution is 0.100. The summed E-state index contributed by atoms with van der Waals surface area (Å²) in [6.07, 6.45) is 0. The summed E-state index contributed by atoms with van der Waals surface area (Å²) in [5.41, 5.74) is 12.7. The first-order valence-corrected chi connectivity index (χ1v) is 4.52. The molecule has 0 saturated carbocycles. The van der Waals surface area contributed by atoms with Crippen LogP contribution in [0.3, 0.4) is 0 Å². The summed E-state index contributed by atoms with van der Waals surface area (Å²) in [5, 5.41) is 0. The maximum atomic E-state index is 11.0. The molecule has 0 aliphatic carbocycles. The van der Waals surface area contributed by atoms with Crippen LogP contribution in [0.25, 0.3) is 0 Å². The van der Waals surface area contributed by atoms with Crippen molar-refractivity contribution in [2.75, 3.05) is 5.73 Å². The van der Waals surface area contributed by atoms with Crippen molar-refractivity contribution in [2.24, 2.45) is 5.73 Å². The van der Waals surface area contributed by atoms with Crippen molar-refractivity contribution in [3.8, 4) is 0 Å². The standard InChI is InChI=1S/C11H16N2O/c1-11(2,3)7-4-5-9(12)8(6-7)10(13)14/h4-6H,12H2,1-3H3,(H2,13,14). The van der Waals surface area contributed by atoms with E-state index >= 15 is 0 Å². The average Bonchev–Trinajstić information content (AvgIpc) is 2.02. The molecule has 0 atom stereocenters. The predicted molar refractivity (Wildman–Crippen MR) is 58.1 cm³/mol. The Morgan fingerprint density at radius 3 is 2.29 bits per heavy atom. The number of hydrogen-bond acceptors (Lipinski definition) is 2. The first-order chi connectivity index (χ1) is 6.32. The fourth-order valence-corrected chi connectivity index (χ4v) is 1.24. The summed E-state index contributed by atoms with van der Waals surface area (Å²) in [5.74, 6) is -0.478. The molecular formula is C11H16N2O. The molecule has 0 bridgehead atoms. The number of anilines is 1. The van der Waals surface area contributed by atoms with Crippen LogP contribution >= 0.6 is 0 Å². The van der Waals surface area contributed by atoms with Gasteiger partial charge in [-0.15, -0.1) is 0 Å². The van der Waals surface area contributed by atoms with E-state index in [1.54, 1.807) is 12.1 Å². The molecule has 0 aliphatic rings. The van der Waals surface area contributed by atoms with Crippen molar-refractivity contribution in [3.63, 3.8) is 0 Å². The minimum Gasteiger partial charge on any atom is -0.398 e. The zero-order valence-electron chi connectivity index (χ0n) is 8.79. The van der Waals surface area contributed by atoms with Gasteiger partial charge in [0.15, 0.2) is 0 Å². The van der Waals surface area contributed by atoms with Crippen molar-refractivity contribution in [1.29, 1.82) is 0 Å². The second-order valence-corrected chi connectivity index (χ2v) is 4.42. The Morgan fingerprint density at radius 1 is 1.29 bits per heavy atom. The SMILES string of the molecule is CC(C)(C)c1ccc(N)c(C(N)=O)c1. The molecule has 1 aromatic carbocycles. The van der Waals surface area contributed by atoms with E-state index in [1.165, 1.54) is 0 Å². The zero-order chi connectivity index (χ0) is 10.9. The van der Waals surface area contributed by atoms with E-state index in [0.29, 0.717) is 11.3 Å². The number of benzene rings is 1. The maximum Gasteiger partial charge on any atom is 0.250 e. The molecule has 0 aromatic heterocycles. The number of nitrogen functional groups attached to an aromatic ring is 1. The Bertz CT molecular complexity index is 364. The molecule has 0 spiro atoms. The second-order valence-electron chi connectivity index (χ2n) is 4.42. The summed E-state index contributed by atoms with van der Waals surface area (Å²) in [6, 6.07) is 5.40. The van der Waals surface area contributed by atoms with E-state index < -0.39 is 5.91 Å². The van der Waals surface area contributed by atoms with Gasteiger partial charge < -0.3 is 11.5 Å². The van der Waals surface area contributed by atoms with Crippen LogP contribution in [-0.4, -0.2) is 5.91 Å². The fourth-order valence-electron chi connectivity index (χ4n) is 1.24. The van der Waals surface area contributed by atoms with Gasteiger partial charge in [-0.1, -0.05) is 26.8 Å². The Kier molecular flexibility index (Phi) is 2.51. The number of nitrogens with two attached hydrogens (primary N) is 2. The first-order valence-electron chi connectivity index (χ1n) is 4.52. The third-order valence-electron chi connectivity index (χ3n) is 2.18. The van der Waals surface area contributed by atoms with E-state index in [2.05, 4.69) is 20.8 Å². The van der Waals surface area contributed by atoms with Crippen molar-refractivity contribution in [3.05, 3.63) is 29.3 Å². The summed E-state index contributed by atoms with van der Waals surface area (Å²) in [4.78, 5) is 11.0. The van der Waals surface area contributed by atoms with E-state index in [9.17, 15) is 4.79 Å². The molecule has 0 fully saturated rings. The molecule has 1 amide bonds. The maximum absolute atomic E-state index is 11.0. The van der Waals surface area contributed by atoms with Crippen molar-refractivity contribution in [1.82, 2.24) is 0 Å². The predicted octanol–water partition coefficient (Wildman–Crippen LogP) is 1.67. The smallest absolute Gasteiger partial charge is 0.250 e. The molecule has 0 saturated heterocycles. The van der Waals surface area contributed by atoms with Crippen LogP contribution in [0, 0.1) is 0 Å². The molecule has 0 unspecified atom stereocenters. The lowest BCUT2D eigenvalue weighted by Gasteiger charge is -2.19. The van der Waals surface area contributed by atoms with Gasteiger partial charge in [0, 0.05) is 5.69 Å². The highest BCUT2D eigenvalue weighted by Gasteiger charge is 2.16. The van der Waals surface area contributed by atoms with Crippen LogP contribution in [0.4, 0.5) is 5.69 Å². The highest BCUT2D eigenvalue weighted by Crippen LogP contribution is 2.25. The van der Waals surface area contributed by atoms with Crippen molar-refractivity contribution in [2.45, 2.75) is 26.2 Å². The first kappa shape index (κ1) is 10.6. The lowest BCUT2D eigenvalue weighted by atomic mass is 9.86. The molecule has 1 aromatic rings. The fraction of sp³-hybridized carbons (Fsp3) is 0.364. The van der Waals surface area contributed by atoms with Crippen molar-refractivity contribution >= 4 is 11.6 Å². The van der Waals surface area contributed by atoms with E-state index in [0.717, 1.165) is 5.56 Å².